The molecule has 1 aliphatic rings. The predicted molar refractivity (Wildman–Crippen MR) is 68.1 cm³/mol. The molecule has 1 aliphatic heterocycles. The average Bonchev–Trinajstić information content (AvgIpc) is 2.29. The summed E-state index contributed by atoms with van der Waals surface area (Å²) in [5.41, 5.74) is 1.11. The number of nitrogens with one attached hydrogen (secondary N) is 1. The van der Waals surface area contributed by atoms with Crippen LogP contribution in [0.25, 0.3) is 0 Å². The lowest BCUT2D eigenvalue weighted by Gasteiger charge is -2.30. The van der Waals surface area contributed by atoms with Gasteiger partial charge in [0.2, 0.25) is 0 Å². The van der Waals surface area contributed by atoms with Crippen LogP contribution < -0.4 is 5.32 Å². The molecule has 0 aromatic heterocycles. The summed E-state index contributed by atoms with van der Waals surface area (Å²) in [5.74, 6) is 0. The third-order valence-corrected chi connectivity index (χ3v) is 3.25. The summed E-state index contributed by atoms with van der Waals surface area (Å²) in [7, 11) is 0. The SMILES string of the molecule is CCC1CC(Nc2cccc(Cl)c2)CCO1. The molecule has 0 amide bonds. The highest BCUT2D eigenvalue weighted by molar-refractivity contribution is 6.30. The van der Waals surface area contributed by atoms with E-state index in [0.29, 0.717) is 12.1 Å². The van der Waals surface area contributed by atoms with Crippen LogP contribution in [0.2, 0.25) is 5.02 Å². The quantitative estimate of drug-likeness (QED) is 0.868. The van der Waals surface area contributed by atoms with Crippen LogP contribution in [0.15, 0.2) is 24.3 Å². The summed E-state index contributed by atoms with van der Waals surface area (Å²) in [5, 5.41) is 4.30. The van der Waals surface area contributed by atoms with Crippen LogP contribution in [-0.4, -0.2) is 18.8 Å². The van der Waals surface area contributed by atoms with Gasteiger partial charge in [0, 0.05) is 23.4 Å². The molecule has 1 saturated heterocycles. The first-order valence-corrected chi connectivity index (χ1v) is 6.29. The minimum atomic E-state index is 0.408. The lowest BCUT2D eigenvalue weighted by Crippen LogP contribution is -2.33. The van der Waals surface area contributed by atoms with E-state index >= 15 is 0 Å². The molecule has 1 N–H and O–H groups in total. The van der Waals surface area contributed by atoms with Crippen LogP contribution in [0.4, 0.5) is 5.69 Å². The van der Waals surface area contributed by atoms with Crippen molar-refractivity contribution in [3.63, 3.8) is 0 Å². The van der Waals surface area contributed by atoms with Crippen molar-refractivity contribution in [1.29, 1.82) is 0 Å². The summed E-state index contributed by atoms with van der Waals surface area (Å²) in [6, 6.07) is 8.41. The van der Waals surface area contributed by atoms with Crippen LogP contribution in [0.3, 0.4) is 0 Å². The van der Waals surface area contributed by atoms with Gasteiger partial charge in [-0.05, 0) is 37.5 Å². The topological polar surface area (TPSA) is 21.3 Å². The van der Waals surface area contributed by atoms with E-state index < -0.39 is 0 Å². The third kappa shape index (κ3) is 3.13. The van der Waals surface area contributed by atoms with Crippen LogP contribution in [-0.2, 0) is 4.74 Å². The minimum absolute atomic E-state index is 0.408. The molecule has 2 rings (SSSR count). The Morgan fingerprint density at radius 3 is 3.12 bits per heavy atom. The first kappa shape index (κ1) is 11.7. The van der Waals surface area contributed by atoms with Crippen molar-refractivity contribution in [2.75, 3.05) is 11.9 Å². The number of ether oxygens (including phenoxy) is 1. The molecule has 1 fully saturated rings. The van der Waals surface area contributed by atoms with Crippen molar-refractivity contribution < 1.29 is 4.74 Å². The van der Waals surface area contributed by atoms with Gasteiger partial charge in [0.1, 0.15) is 0 Å². The van der Waals surface area contributed by atoms with E-state index in [1.54, 1.807) is 0 Å². The van der Waals surface area contributed by atoms with Gasteiger partial charge in [-0.1, -0.05) is 24.6 Å². The fourth-order valence-corrected chi connectivity index (χ4v) is 2.30. The standard InChI is InChI=1S/C13H18ClNO/c1-2-13-9-12(6-7-16-13)15-11-5-3-4-10(14)8-11/h3-5,8,12-13,15H,2,6-7,9H2,1H3. The Hall–Kier alpha value is -0.730. The molecular weight excluding hydrogens is 222 g/mol. The summed E-state index contributed by atoms with van der Waals surface area (Å²) in [6.45, 7) is 3.03. The molecule has 3 heteroatoms. The van der Waals surface area contributed by atoms with Gasteiger partial charge < -0.3 is 10.1 Å². The molecule has 16 heavy (non-hydrogen) atoms. The third-order valence-electron chi connectivity index (χ3n) is 3.02. The Morgan fingerprint density at radius 1 is 1.50 bits per heavy atom. The van der Waals surface area contributed by atoms with E-state index in [-0.39, 0.29) is 0 Å². The van der Waals surface area contributed by atoms with Crippen molar-refractivity contribution in [3.8, 4) is 0 Å². The van der Waals surface area contributed by atoms with E-state index in [4.69, 9.17) is 16.3 Å². The number of rotatable bonds is 3. The van der Waals surface area contributed by atoms with Gasteiger partial charge in [-0.15, -0.1) is 0 Å². The van der Waals surface area contributed by atoms with Gasteiger partial charge in [-0.2, -0.15) is 0 Å². The Morgan fingerprint density at radius 2 is 2.38 bits per heavy atom. The molecule has 1 aromatic carbocycles. The number of benzene rings is 1. The first-order valence-electron chi connectivity index (χ1n) is 5.91. The molecule has 0 spiro atoms. The summed E-state index contributed by atoms with van der Waals surface area (Å²) in [4.78, 5) is 0. The largest absolute Gasteiger partial charge is 0.382 e. The maximum atomic E-state index is 5.95. The second kappa shape index (κ2) is 5.55. The van der Waals surface area contributed by atoms with E-state index in [1.165, 1.54) is 0 Å². The van der Waals surface area contributed by atoms with Crippen molar-refractivity contribution in [1.82, 2.24) is 0 Å². The summed E-state index contributed by atoms with van der Waals surface area (Å²) in [6.07, 6.45) is 3.66. The molecule has 0 bridgehead atoms. The normalized spacial score (nSPS) is 25.4. The molecule has 1 aromatic rings. The first-order chi connectivity index (χ1) is 7.78. The van der Waals surface area contributed by atoms with Crippen molar-refractivity contribution in [3.05, 3.63) is 29.3 Å². The second-order valence-corrected chi connectivity index (χ2v) is 4.71. The highest BCUT2D eigenvalue weighted by atomic mass is 35.5. The summed E-state index contributed by atoms with van der Waals surface area (Å²) >= 11 is 5.95. The fraction of sp³-hybridized carbons (Fsp3) is 0.538. The van der Waals surface area contributed by atoms with Crippen molar-refractivity contribution in [2.45, 2.75) is 38.3 Å². The lowest BCUT2D eigenvalue weighted by molar-refractivity contribution is 0.00926. The van der Waals surface area contributed by atoms with Crippen LogP contribution in [0.1, 0.15) is 26.2 Å². The monoisotopic (exact) mass is 239 g/mol. The number of hydrogen-bond acceptors (Lipinski definition) is 2. The highest BCUT2D eigenvalue weighted by Gasteiger charge is 2.20. The smallest absolute Gasteiger partial charge is 0.0592 e. The van der Waals surface area contributed by atoms with Crippen molar-refractivity contribution in [2.24, 2.45) is 0 Å². The van der Waals surface area contributed by atoms with Gasteiger partial charge in [0.15, 0.2) is 0 Å². The van der Waals surface area contributed by atoms with Gasteiger partial charge in [-0.3, -0.25) is 0 Å². The van der Waals surface area contributed by atoms with Gasteiger partial charge in [-0.25, -0.2) is 0 Å². The van der Waals surface area contributed by atoms with E-state index in [9.17, 15) is 0 Å². The lowest BCUT2D eigenvalue weighted by atomic mass is 10.0. The van der Waals surface area contributed by atoms with Crippen LogP contribution in [0.5, 0.6) is 0 Å². The zero-order chi connectivity index (χ0) is 11.4. The van der Waals surface area contributed by atoms with Gasteiger partial charge in [0.25, 0.3) is 0 Å². The maximum absolute atomic E-state index is 5.95. The highest BCUT2D eigenvalue weighted by Crippen LogP contribution is 2.22. The van der Waals surface area contributed by atoms with Crippen molar-refractivity contribution >= 4 is 17.3 Å². The number of anilines is 1. The zero-order valence-corrected chi connectivity index (χ0v) is 10.3. The maximum Gasteiger partial charge on any atom is 0.0592 e. The Kier molecular flexibility index (Phi) is 4.08. The van der Waals surface area contributed by atoms with Gasteiger partial charge >= 0.3 is 0 Å². The molecule has 0 aliphatic carbocycles. The fourth-order valence-electron chi connectivity index (χ4n) is 2.11. The molecule has 0 saturated carbocycles. The number of halogens is 1. The molecule has 2 unspecified atom stereocenters. The van der Waals surface area contributed by atoms with E-state index in [0.717, 1.165) is 36.6 Å². The molecular formula is C13H18ClNO. The molecule has 88 valence electrons. The van der Waals surface area contributed by atoms with Gasteiger partial charge in [0.05, 0.1) is 6.10 Å². The second-order valence-electron chi connectivity index (χ2n) is 4.28. The summed E-state index contributed by atoms with van der Waals surface area (Å²) < 4.78 is 5.65. The van der Waals surface area contributed by atoms with E-state index in [1.807, 2.05) is 18.2 Å². The molecule has 2 nitrogen and oxygen atoms in total. The average molecular weight is 240 g/mol. The molecule has 0 radical (unpaired) electrons. The van der Waals surface area contributed by atoms with Crippen LogP contribution >= 0.6 is 11.6 Å². The minimum Gasteiger partial charge on any atom is -0.382 e. The molecule has 1 heterocycles. The Bertz CT molecular complexity index is 342. The molecule has 2 atom stereocenters. The Labute approximate surface area is 102 Å². The van der Waals surface area contributed by atoms with E-state index in [2.05, 4.69) is 18.3 Å². The predicted octanol–water partition coefficient (Wildman–Crippen LogP) is 3.71. The number of hydrogen-bond donors (Lipinski definition) is 1. The zero-order valence-electron chi connectivity index (χ0n) is 9.58. The van der Waals surface area contributed by atoms with Crippen LogP contribution in [0, 0.1) is 0 Å². The Balaban J connectivity index is 1.94.